The summed E-state index contributed by atoms with van der Waals surface area (Å²) in [5.74, 6) is -0.0232. The molecule has 0 N–H and O–H groups in total. The Morgan fingerprint density at radius 2 is 2.15 bits per heavy atom. The molecule has 0 saturated carbocycles. The number of nitrogens with zero attached hydrogens (tertiary/aromatic N) is 1. The van der Waals surface area contributed by atoms with Crippen molar-refractivity contribution in [1.29, 1.82) is 0 Å². The third-order valence-corrected chi connectivity index (χ3v) is 2.33. The van der Waals surface area contributed by atoms with E-state index in [-0.39, 0.29) is 5.91 Å². The van der Waals surface area contributed by atoms with Crippen LogP contribution in [0, 0.1) is 6.42 Å². The fourth-order valence-corrected chi connectivity index (χ4v) is 1.58. The van der Waals surface area contributed by atoms with Crippen LogP contribution in [0.4, 0.5) is 5.69 Å². The molecule has 66 valence electrons. The second-order valence-electron chi connectivity index (χ2n) is 3.17. The molecule has 1 aromatic carbocycles. The highest BCUT2D eigenvalue weighted by atomic mass is 16.2. The van der Waals surface area contributed by atoms with Crippen molar-refractivity contribution in [3.05, 3.63) is 36.2 Å². The molecule has 2 rings (SSSR count). The number of carbonyl (C=O) groups is 1. The molecule has 1 amide bonds. The van der Waals surface area contributed by atoms with Crippen LogP contribution in [0.3, 0.4) is 0 Å². The maximum Gasteiger partial charge on any atom is 0.235 e. The van der Waals surface area contributed by atoms with Gasteiger partial charge in [0.25, 0.3) is 0 Å². The lowest BCUT2D eigenvalue weighted by molar-refractivity contribution is -0.115. The highest BCUT2D eigenvalue weighted by molar-refractivity contribution is 6.00. The Bertz CT molecular complexity index is 333. The predicted octanol–water partition coefficient (Wildman–Crippen LogP) is 1.68. The molecule has 0 unspecified atom stereocenters. The molecule has 2 nitrogen and oxygen atoms in total. The van der Waals surface area contributed by atoms with E-state index < -0.39 is 0 Å². The first-order valence-corrected chi connectivity index (χ1v) is 4.38. The van der Waals surface area contributed by atoms with Gasteiger partial charge in [0.1, 0.15) is 0 Å². The van der Waals surface area contributed by atoms with Gasteiger partial charge in [0.05, 0.1) is 6.42 Å². The van der Waals surface area contributed by atoms with E-state index in [2.05, 4.69) is 12.5 Å². The average molecular weight is 173 g/mol. The largest absolute Gasteiger partial charge is 0.315 e. The minimum atomic E-state index is -0.0232. The molecule has 0 atom stereocenters. The molecular formula is C11H11NO. The van der Waals surface area contributed by atoms with Crippen molar-refractivity contribution in [3.8, 4) is 0 Å². The van der Waals surface area contributed by atoms with Gasteiger partial charge < -0.3 is 4.90 Å². The standard InChI is InChI=1S/C11H11NO/c1-12-10-7-3-2-5-9(10)6-4-8-11(12)13/h2-3,5,7H,4,6H2,1H3. The van der Waals surface area contributed by atoms with Gasteiger partial charge in [0.2, 0.25) is 5.91 Å². The van der Waals surface area contributed by atoms with E-state index in [1.165, 1.54) is 5.56 Å². The Hall–Kier alpha value is -1.31. The number of benzene rings is 1. The molecule has 0 saturated heterocycles. The molecule has 0 fully saturated rings. The van der Waals surface area contributed by atoms with Gasteiger partial charge in [0.15, 0.2) is 0 Å². The summed E-state index contributed by atoms with van der Waals surface area (Å²) in [7, 11) is 1.79. The maximum absolute atomic E-state index is 11.4. The number of fused-ring (bicyclic) bond motifs is 1. The van der Waals surface area contributed by atoms with Crippen LogP contribution >= 0.6 is 0 Å². The Kier molecular flexibility index (Phi) is 2.05. The molecule has 0 bridgehead atoms. The molecular weight excluding hydrogens is 162 g/mol. The lowest BCUT2D eigenvalue weighted by atomic mass is 10.1. The van der Waals surface area contributed by atoms with Gasteiger partial charge in [-0.3, -0.25) is 4.79 Å². The summed E-state index contributed by atoms with van der Waals surface area (Å²) in [4.78, 5) is 13.0. The first kappa shape index (κ1) is 8.30. The molecule has 0 spiro atoms. The third-order valence-electron chi connectivity index (χ3n) is 2.33. The Morgan fingerprint density at radius 1 is 1.38 bits per heavy atom. The zero-order valence-electron chi connectivity index (χ0n) is 7.58. The van der Waals surface area contributed by atoms with Crippen LogP contribution in [0.2, 0.25) is 0 Å². The summed E-state index contributed by atoms with van der Waals surface area (Å²) in [5.41, 5.74) is 2.24. The van der Waals surface area contributed by atoms with Crippen molar-refractivity contribution < 1.29 is 4.79 Å². The van der Waals surface area contributed by atoms with E-state index in [1.807, 2.05) is 18.2 Å². The predicted molar refractivity (Wildman–Crippen MR) is 51.4 cm³/mol. The maximum atomic E-state index is 11.4. The Labute approximate surface area is 78.2 Å². The normalized spacial score (nSPS) is 16.7. The second kappa shape index (κ2) is 3.21. The average Bonchev–Trinajstić information content (AvgIpc) is 2.29. The molecule has 1 aromatic rings. The molecule has 2 heteroatoms. The number of rotatable bonds is 0. The van der Waals surface area contributed by atoms with Crippen molar-refractivity contribution in [2.24, 2.45) is 0 Å². The van der Waals surface area contributed by atoms with Crippen molar-refractivity contribution in [1.82, 2.24) is 0 Å². The fraction of sp³-hybridized carbons (Fsp3) is 0.273. The lowest BCUT2D eigenvalue weighted by Crippen LogP contribution is -2.25. The number of aryl methyl sites for hydroxylation is 1. The van der Waals surface area contributed by atoms with Crippen molar-refractivity contribution >= 4 is 11.6 Å². The van der Waals surface area contributed by atoms with Gasteiger partial charge in [-0.2, -0.15) is 0 Å². The minimum Gasteiger partial charge on any atom is -0.315 e. The smallest absolute Gasteiger partial charge is 0.235 e. The van der Waals surface area contributed by atoms with Crippen LogP contribution in [0.25, 0.3) is 0 Å². The van der Waals surface area contributed by atoms with E-state index >= 15 is 0 Å². The topological polar surface area (TPSA) is 20.3 Å². The van der Waals surface area contributed by atoms with Gasteiger partial charge in [-0.25, -0.2) is 0 Å². The van der Waals surface area contributed by atoms with E-state index in [4.69, 9.17) is 0 Å². The molecule has 2 radical (unpaired) electrons. The number of carbonyl (C=O) groups excluding carboxylic acids is 1. The van der Waals surface area contributed by atoms with E-state index in [0.29, 0.717) is 0 Å². The lowest BCUT2D eigenvalue weighted by Gasteiger charge is -2.16. The van der Waals surface area contributed by atoms with E-state index in [1.54, 1.807) is 11.9 Å². The van der Waals surface area contributed by atoms with Crippen LogP contribution in [0.5, 0.6) is 0 Å². The molecule has 0 aromatic heterocycles. The summed E-state index contributed by atoms with van der Waals surface area (Å²) in [6.07, 6.45) is 4.46. The highest BCUT2D eigenvalue weighted by Crippen LogP contribution is 2.24. The molecule has 0 aliphatic carbocycles. The van der Waals surface area contributed by atoms with Crippen LogP contribution in [-0.4, -0.2) is 13.0 Å². The van der Waals surface area contributed by atoms with Crippen molar-refractivity contribution in [2.75, 3.05) is 11.9 Å². The number of hydrogen-bond acceptors (Lipinski definition) is 1. The van der Waals surface area contributed by atoms with Gasteiger partial charge in [-0.15, -0.1) is 0 Å². The fourth-order valence-electron chi connectivity index (χ4n) is 1.58. The number of amides is 1. The third kappa shape index (κ3) is 1.44. The van der Waals surface area contributed by atoms with E-state index in [0.717, 1.165) is 18.5 Å². The molecule has 1 aliphatic rings. The Morgan fingerprint density at radius 3 is 3.00 bits per heavy atom. The van der Waals surface area contributed by atoms with Crippen LogP contribution in [-0.2, 0) is 11.2 Å². The zero-order chi connectivity index (χ0) is 9.26. The number of hydrogen-bond donors (Lipinski definition) is 0. The molecule has 13 heavy (non-hydrogen) atoms. The Balaban J connectivity index is 2.46. The van der Waals surface area contributed by atoms with Gasteiger partial charge in [0, 0.05) is 12.7 Å². The first-order valence-electron chi connectivity index (χ1n) is 4.38. The van der Waals surface area contributed by atoms with Crippen LogP contribution in [0.15, 0.2) is 24.3 Å². The van der Waals surface area contributed by atoms with Crippen molar-refractivity contribution in [3.63, 3.8) is 0 Å². The van der Waals surface area contributed by atoms with E-state index in [9.17, 15) is 4.79 Å². The van der Waals surface area contributed by atoms with Gasteiger partial charge in [-0.1, -0.05) is 18.2 Å². The second-order valence-corrected chi connectivity index (χ2v) is 3.17. The molecule has 1 heterocycles. The zero-order valence-corrected chi connectivity index (χ0v) is 7.58. The summed E-state index contributed by atoms with van der Waals surface area (Å²) in [6, 6.07) is 7.99. The summed E-state index contributed by atoms with van der Waals surface area (Å²) < 4.78 is 0. The monoisotopic (exact) mass is 173 g/mol. The highest BCUT2D eigenvalue weighted by Gasteiger charge is 2.18. The minimum absolute atomic E-state index is 0.0232. The summed E-state index contributed by atoms with van der Waals surface area (Å²) >= 11 is 0. The van der Waals surface area contributed by atoms with Gasteiger partial charge in [-0.05, 0) is 24.5 Å². The first-order chi connectivity index (χ1) is 6.29. The SMILES string of the molecule is CN1C(=O)[C]CCc2ccccc21. The van der Waals surface area contributed by atoms with Crippen LogP contribution in [0.1, 0.15) is 12.0 Å². The molecule has 1 aliphatic heterocycles. The summed E-state index contributed by atoms with van der Waals surface area (Å²) in [5, 5.41) is 0. The number of para-hydroxylation sites is 1. The van der Waals surface area contributed by atoms with Crippen LogP contribution < -0.4 is 4.90 Å². The van der Waals surface area contributed by atoms with Crippen molar-refractivity contribution in [2.45, 2.75) is 12.8 Å². The quantitative estimate of drug-likeness (QED) is 0.584. The van der Waals surface area contributed by atoms with Gasteiger partial charge >= 0.3 is 0 Å². The number of anilines is 1. The summed E-state index contributed by atoms with van der Waals surface area (Å²) in [6.45, 7) is 0.